The van der Waals surface area contributed by atoms with Gasteiger partial charge in [-0.05, 0) is 25.4 Å². The lowest BCUT2D eigenvalue weighted by molar-refractivity contribution is 0.0715. The Kier molecular flexibility index (Phi) is 4.83. The number of nitrogens with two attached hydrogens (primary N) is 1. The summed E-state index contributed by atoms with van der Waals surface area (Å²) < 4.78 is 3.65. The van der Waals surface area contributed by atoms with Crippen LogP contribution in [0.5, 0.6) is 0 Å². The number of oxime groups is 1. The minimum Gasteiger partial charge on any atom is -0.409 e. The molecule has 0 aromatic carbocycles. The number of amidine groups is 1. The zero-order valence-electron chi connectivity index (χ0n) is 9.70. The molecule has 17 heavy (non-hydrogen) atoms. The Labute approximate surface area is 103 Å². The second kappa shape index (κ2) is 6.14. The number of rotatable bonds is 5. The Morgan fingerprint density at radius 3 is 2.88 bits per heavy atom. The molecule has 0 saturated carbocycles. The molecule has 0 atom stereocenters. The second-order valence-corrected chi connectivity index (χ2v) is 4.50. The summed E-state index contributed by atoms with van der Waals surface area (Å²) in [4.78, 5) is 14.2. The van der Waals surface area contributed by atoms with Crippen LogP contribution in [0.2, 0.25) is 0 Å². The summed E-state index contributed by atoms with van der Waals surface area (Å²) in [5, 5.41) is 15.0. The minimum atomic E-state index is -0.138. The van der Waals surface area contributed by atoms with Crippen LogP contribution in [0.25, 0.3) is 0 Å². The van der Waals surface area contributed by atoms with E-state index in [1.54, 1.807) is 4.90 Å². The molecule has 7 nitrogen and oxygen atoms in total. The third kappa shape index (κ3) is 3.66. The number of aromatic nitrogens is 2. The van der Waals surface area contributed by atoms with Gasteiger partial charge in [0.1, 0.15) is 10.7 Å². The molecule has 0 bridgehead atoms. The van der Waals surface area contributed by atoms with Crippen molar-refractivity contribution >= 4 is 23.3 Å². The van der Waals surface area contributed by atoms with Crippen LogP contribution in [0.3, 0.4) is 0 Å². The molecular formula is C9H15N5O2S. The van der Waals surface area contributed by atoms with Gasteiger partial charge in [0.05, 0.1) is 6.20 Å². The fourth-order valence-electron chi connectivity index (χ4n) is 1.28. The van der Waals surface area contributed by atoms with Crippen LogP contribution in [0.15, 0.2) is 11.4 Å². The van der Waals surface area contributed by atoms with E-state index in [1.165, 1.54) is 6.20 Å². The summed E-state index contributed by atoms with van der Waals surface area (Å²) in [5.41, 5.74) is 5.38. The monoisotopic (exact) mass is 257 g/mol. The first kappa shape index (κ1) is 13.4. The molecule has 1 aromatic rings. The van der Waals surface area contributed by atoms with E-state index in [1.807, 2.05) is 13.8 Å². The number of carbonyl (C=O) groups excluding carboxylic acids is 1. The van der Waals surface area contributed by atoms with Crippen molar-refractivity contribution in [3.05, 3.63) is 11.1 Å². The predicted octanol–water partition coefficient (Wildman–Crippen LogP) is 0.525. The van der Waals surface area contributed by atoms with Gasteiger partial charge >= 0.3 is 0 Å². The third-order valence-corrected chi connectivity index (χ3v) is 2.85. The molecule has 0 radical (unpaired) electrons. The molecule has 0 saturated heterocycles. The van der Waals surface area contributed by atoms with Gasteiger partial charge in [0.15, 0.2) is 0 Å². The van der Waals surface area contributed by atoms with Crippen molar-refractivity contribution in [2.45, 2.75) is 26.3 Å². The summed E-state index contributed by atoms with van der Waals surface area (Å²) in [7, 11) is 0. The second-order valence-electron chi connectivity index (χ2n) is 3.72. The van der Waals surface area contributed by atoms with Gasteiger partial charge in [-0.2, -0.15) is 0 Å². The molecular weight excluding hydrogens is 242 g/mol. The lowest BCUT2D eigenvalue weighted by Gasteiger charge is -2.25. The van der Waals surface area contributed by atoms with Crippen LogP contribution < -0.4 is 5.73 Å². The van der Waals surface area contributed by atoms with Gasteiger partial charge in [-0.15, -0.1) is 5.10 Å². The van der Waals surface area contributed by atoms with Crippen LogP contribution in [0, 0.1) is 0 Å². The van der Waals surface area contributed by atoms with Crippen molar-refractivity contribution in [1.29, 1.82) is 0 Å². The van der Waals surface area contributed by atoms with E-state index in [9.17, 15) is 4.79 Å². The standard InChI is InChI=1S/C9H15N5O2S/c1-6(2)14(4-3-8(10)12-16)9(15)7-5-11-13-17-7/h5-6,16H,3-4H2,1-2H3,(H2,10,12). The maximum atomic E-state index is 12.1. The highest BCUT2D eigenvalue weighted by Crippen LogP contribution is 2.11. The van der Waals surface area contributed by atoms with Crippen molar-refractivity contribution in [3.63, 3.8) is 0 Å². The van der Waals surface area contributed by atoms with Gasteiger partial charge in [-0.1, -0.05) is 9.64 Å². The first-order valence-corrected chi connectivity index (χ1v) is 5.88. The number of nitrogens with zero attached hydrogens (tertiary/aromatic N) is 4. The fraction of sp³-hybridized carbons (Fsp3) is 0.556. The molecule has 1 amide bonds. The van der Waals surface area contributed by atoms with Crippen LogP contribution in [-0.2, 0) is 0 Å². The molecule has 3 N–H and O–H groups in total. The smallest absolute Gasteiger partial charge is 0.267 e. The number of amides is 1. The van der Waals surface area contributed by atoms with Crippen molar-refractivity contribution in [3.8, 4) is 0 Å². The Bertz CT molecular complexity index is 390. The number of hydrogen-bond acceptors (Lipinski definition) is 6. The summed E-state index contributed by atoms with van der Waals surface area (Å²) in [5.74, 6) is -0.0355. The Balaban J connectivity index is 2.70. The lowest BCUT2D eigenvalue weighted by atomic mass is 10.2. The fourth-order valence-corrected chi connectivity index (χ4v) is 1.75. The Hall–Kier alpha value is -1.70. The Morgan fingerprint density at radius 1 is 1.71 bits per heavy atom. The van der Waals surface area contributed by atoms with E-state index in [0.717, 1.165) is 11.5 Å². The molecule has 0 aliphatic rings. The highest BCUT2D eigenvalue weighted by molar-refractivity contribution is 7.07. The quantitative estimate of drug-likeness (QED) is 0.346. The molecule has 1 rings (SSSR count). The summed E-state index contributed by atoms with van der Waals surface area (Å²) >= 11 is 1.05. The van der Waals surface area contributed by atoms with E-state index in [0.29, 0.717) is 17.8 Å². The van der Waals surface area contributed by atoms with Crippen LogP contribution >= 0.6 is 11.5 Å². The molecule has 0 spiro atoms. The van der Waals surface area contributed by atoms with E-state index >= 15 is 0 Å². The summed E-state index contributed by atoms with van der Waals surface area (Å²) in [6.45, 7) is 4.20. The van der Waals surface area contributed by atoms with Gasteiger partial charge in [-0.3, -0.25) is 4.79 Å². The molecule has 0 aliphatic carbocycles. The van der Waals surface area contributed by atoms with Crippen molar-refractivity contribution < 1.29 is 10.0 Å². The Morgan fingerprint density at radius 2 is 2.41 bits per heavy atom. The van der Waals surface area contributed by atoms with E-state index in [4.69, 9.17) is 10.9 Å². The van der Waals surface area contributed by atoms with Gasteiger partial charge in [0.2, 0.25) is 0 Å². The molecule has 0 aliphatic heterocycles. The highest BCUT2D eigenvalue weighted by Gasteiger charge is 2.20. The van der Waals surface area contributed by atoms with E-state index < -0.39 is 0 Å². The molecule has 1 heterocycles. The molecule has 94 valence electrons. The van der Waals surface area contributed by atoms with Crippen molar-refractivity contribution in [2.24, 2.45) is 10.9 Å². The lowest BCUT2D eigenvalue weighted by Crippen LogP contribution is -2.38. The summed E-state index contributed by atoms with van der Waals surface area (Å²) in [6, 6.07) is 0.0242. The topological polar surface area (TPSA) is 105 Å². The van der Waals surface area contributed by atoms with Crippen LogP contribution in [-0.4, -0.2) is 44.0 Å². The number of hydrogen-bond donors (Lipinski definition) is 2. The SMILES string of the molecule is CC(C)N(CCC(N)=NO)C(=O)c1cnns1. The van der Waals surface area contributed by atoms with Gasteiger partial charge in [0, 0.05) is 19.0 Å². The van der Waals surface area contributed by atoms with Crippen LogP contribution in [0.1, 0.15) is 29.9 Å². The first-order chi connectivity index (χ1) is 8.06. The highest BCUT2D eigenvalue weighted by atomic mass is 32.1. The zero-order valence-corrected chi connectivity index (χ0v) is 10.5. The average Bonchev–Trinajstić information content (AvgIpc) is 2.81. The van der Waals surface area contributed by atoms with Gasteiger partial charge in [0.25, 0.3) is 5.91 Å². The van der Waals surface area contributed by atoms with Gasteiger partial charge < -0.3 is 15.8 Å². The maximum absolute atomic E-state index is 12.1. The number of carbonyl (C=O) groups is 1. The maximum Gasteiger partial charge on any atom is 0.267 e. The average molecular weight is 257 g/mol. The zero-order chi connectivity index (χ0) is 12.8. The van der Waals surface area contributed by atoms with Crippen molar-refractivity contribution in [1.82, 2.24) is 14.5 Å². The molecule has 1 aromatic heterocycles. The minimum absolute atomic E-state index is 0.0242. The molecule has 0 unspecified atom stereocenters. The molecule has 0 fully saturated rings. The predicted molar refractivity (Wildman–Crippen MR) is 64.1 cm³/mol. The van der Waals surface area contributed by atoms with E-state index in [-0.39, 0.29) is 17.8 Å². The third-order valence-electron chi connectivity index (χ3n) is 2.19. The largest absolute Gasteiger partial charge is 0.409 e. The van der Waals surface area contributed by atoms with Gasteiger partial charge in [-0.25, -0.2) is 0 Å². The summed E-state index contributed by atoms with van der Waals surface area (Å²) in [6.07, 6.45) is 1.76. The van der Waals surface area contributed by atoms with E-state index in [2.05, 4.69) is 14.7 Å². The van der Waals surface area contributed by atoms with Crippen LogP contribution in [0.4, 0.5) is 0 Å². The first-order valence-electron chi connectivity index (χ1n) is 5.11. The molecule has 8 heteroatoms. The van der Waals surface area contributed by atoms with Crippen molar-refractivity contribution in [2.75, 3.05) is 6.54 Å². The normalized spacial score (nSPS) is 11.8.